The Balaban J connectivity index is 1.68. The number of hydrogen-bond acceptors (Lipinski definition) is 5. The van der Waals surface area contributed by atoms with E-state index in [-0.39, 0.29) is 6.04 Å². The fourth-order valence-corrected chi connectivity index (χ4v) is 3.02. The molecule has 0 N–H and O–H groups in total. The highest BCUT2D eigenvalue weighted by atomic mass is 16.5. The van der Waals surface area contributed by atoms with Crippen molar-refractivity contribution in [2.45, 2.75) is 6.04 Å². The summed E-state index contributed by atoms with van der Waals surface area (Å²) in [5, 5.41) is 9.69. The molecule has 0 radical (unpaired) electrons. The van der Waals surface area contributed by atoms with Gasteiger partial charge in [0.25, 0.3) is 0 Å². The maximum Gasteiger partial charge on any atom is 0.233 e. The van der Waals surface area contributed by atoms with E-state index in [1.165, 1.54) is 0 Å². The van der Waals surface area contributed by atoms with Crippen LogP contribution in [0.2, 0.25) is 0 Å². The Morgan fingerprint density at radius 2 is 1.76 bits per heavy atom. The molecule has 0 unspecified atom stereocenters. The van der Waals surface area contributed by atoms with E-state index in [0.29, 0.717) is 37.1 Å². The van der Waals surface area contributed by atoms with Gasteiger partial charge in [-0.05, 0) is 17.7 Å². The van der Waals surface area contributed by atoms with Crippen LogP contribution in [0.15, 0.2) is 77.1 Å². The third-order valence-corrected chi connectivity index (χ3v) is 4.24. The molecular formula is C20H17N3O2. The highest BCUT2D eigenvalue weighted by molar-refractivity contribution is 5.99. The minimum absolute atomic E-state index is 0.0910. The molecule has 2 aromatic rings. The highest BCUT2D eigenvalue weighted by Crippen LogP contribution is 2.30. The number of anilines is 1. The zero-order chi connectivity index (χ0) is 17.1. The first-order valence-electron chi connectivity index (χ1n) is 8.22. The van der Waals surface area contributed by atoms with Crippen LogP contribution in [0.3, 0.4) is 0 Å². The molecule has 25 heavy (non-hydrogen) atoms. The Morgan fingerprint density at radius 1 is 1.04 bits per heavy atom. The molecule has 2 aliphatic heterocycles. The van der Waals surface area contributed by atoms with Crippen LogP contribution < -0.4 is 4.90 Å². The number of rotatable bonds is 3. The van der Waals surface area contributed by atoms with Crippen LogP contribution in [0.25, 0.3) is 0 Å². The summed E-state index contributed by atoms with van der Waals surface area (Å²) in [5.74, 6) is 0.871. The van der Waals surface area contributed by atoms with Crippen molar-refractivity contribution in [1.82, 2.24) is 0 Å². The quantitative estimate of drug-likeness (QED) is 0.809. The maximum atomic E-state index is 9.69. The third-order valence-electron chi connectivity index (χ3n) is 4.24. The second-order valence-electron chi connectivity index (χ2n) is 5.80. The van der Waals surface area contributed by atoms with Gasteiger partial charge in [-0.2, -0.15) is 5.26 Å². The lowest BCUT2D eigenvalue weighted by Crippen LogP contribution is -2.20. The van der Waals surface area contributed by atoms with Crippen molar-refractivity contribution in [1.29, 1.82) is 5.26 Å². The molecule has 1 atom stereocenters. The molecule has 2 heterocycles. The van der Waals surface area contributed by atoms with E-state index >= 15 is 0 Å². The summed E-state index contributed by atoms with van der Waals surface area (Å²) in [7, 11) is 0. The van der Waals surface area contributed by atoms with E-state index in [1.807, 2.05) is 65.6 Å². The minimum Gasteiger partial charge on any atom is -0.476 e. The Hall–Kier alpha value is -3.26. The first kappa shape index (κ1) is 15.3. The molecule has 0 bridgehead atoms. The SMILES string of the molecule is N#C/C(C1=N[C@@H](c2ccccc2)CO1)=C1/OCCN1c1ccccc1. The molecule has 0 amide bonds. The van der Waals surface area contributed by atoms with Gasteiger partial charge in [-0.15, -0.1) is 0 Å². The molecule has 2 aromatic carbocycles. The molecule has 0 spiro atoms. The second kappa shape index (κ2) is 6.70. The summed E-state index contributed by atoms with van der Waals surface area (Å²) < 4.78 is 11.5. The average molecular weight is 331 g/mol. The molecule has 124 valence electrons. The molecule has 0 aliphatic carbocycles. The zero-order valence-corrected chi connectivity index (χ0v) is 13.6. The van der Waals surface area contributed by atoms with Gasteiger partial charge in [0.2, 0.25) is 11.8 Å². The summed E-state index contributed by atoms with van der Waals surface area (Å²) in [5.41, 5.74) is 2.41. The van der Waals surface area contributed by atoms with Gasteiger partial charge in [-0.1, -0.05) is 48.5 Å². The summed E-state index contributed by atoms with van der Waals surface area (Å²) in [4.78, 5) is 6.60. The highest BCUT2D eigenvalue weighted by Gasteiger charge is 2.31. The lowest BCUT2D eigenvalue weighted by atomic mass is 10.1. The first-order valence-corrected chi connectivity index (χ1v) is 8.22. The summed E-state index contributed by atoms with van der Waals surface area (Å²) in [6.45, 7) is 1.66. The van der Waals surface area contributed by atoms with Crippen LogP contribution in [0.5, 0.6) is 0 Å². The molecular weight excluding hydrogens is 314 g/mol. The predicted molar refractivity (Wildman–Crippen MR) is 94.9 cm³/mol. The van der Waals surface area contributed by atoms with Crippen molar-refractivity contribution in [3.8, 4) is 6.07 Å². The largest absolute Gasteiger partial charge is 0.476 e. The van der Waals surface area contributed by atoms with Crippen LogP contribution >= 0.6 is 0 Å². The molecule has 5 nitrogen and oxygen atoms in total. The van der Waals surface area contributed by atoms with Gasteiger partial charge in [0.1, 0.15) is 25.3 Å². The Morgan fingerprint density at radius 3 is 2.48 bits per heavy atom. The number of benzene rings is 2. The van der Waals surface area contributed by atoms with Crippen LogP contribution in [-0.4, -0.2) is 25.7 Å². The fourth-order valence-electron chi connectivity index (χ4n) is 3.02. The number of aliphatic imine (C=N–C) groups is 1. The van der Waals surface area contributed by atoms with Gasteiger partial charge < -0.3 is 14.4 Å². The van der Waals surface area contributed by atoms with E-state index < -0.39 is 0 Å². The monoisotopic (exact) mass is 331 g/mol. The van der Waals surface area contributed by atoms with Crippen LogP contribution in [0, 0.1) is 11.3 Å². The van der Waals surface area contributed by atoms with Gasteiger partial charge >= 0.3 is 0 Å². The van der Waals surface area contributed by atoms with Gasteiger partial charge in [-0.25, -0.2) is 4.99 Å². The van der Waals surface area contributed by atoms with Crippen molar-refractivity contribution < 1.29 is 9.47 Å². The number of nitriles is 1. The Bertz CT molecular complexity index is 854. The van der Waals surface area contributed by atoms with Crippen molar-refractivity contribution in [3.63, 3.8) is 0 Å². The van der Waals surface area contributed by atoms with Crippen LogP contribution in [0.4, 0.5) is 5.69 Å². The number of ether oxygens (including phenoxy) is 2. The molecule has 1 saturated heterocycles. The van der Waals surface area contributed by atoms with Crippen molar-refractivity contribution >= 4 is 11.6 Å². The molecule has 5 heteroatoms. The van der Waals surface area contributed by atoms with Gasteiger partial charge in [0, 0.05) is 5.69 Å². The summed E-state index contributed by atoms with van der Waals surface area (Å²) >= 11 is 0. The van der Waals surface area contributed by atoms with E-state index in [9.17, 15) is 5.26 Å². The van der Waals surface area contributed by atoms with Gasteiger partial charge in [0.05, 0.1) is 6.54 Å². The van der Waals surface area contributed by atoms with Crippen molar-refractivity contribution in [2.75, 3.05) is 24.7 Å². The van der Waals surface area contributed by atoms with Crippen molar-refractivity contribution in [2.24, 2.45) is 4.99 Å². The van der Waals surface area contributed by atoms with E-state index in [4.69, 9.17) is 9.47 Å². The van der Waals surface area contributed by atoms with Crippen LogP contribution in [-0.2, 0) is 9.47 Å². The molecule has 4 rings (SSSR count). The second-order valence-corrected chi connectivity index (χ2v) is 5.80. The number of para-hydroxylation sites is 1. The Kier molecular flexibility index (Phi) is 4.09. The topological polar surface area (TPSA) is 57.9 Å². The van der Waals surface area contributed by atoms with E-state index in [0.717, 1.165) is 11.3 Å². The first-order chi connectivity index (χ1) is 12.4. The number of hydrogen-bond donors (Lipinski definition) is 0. The maximum absolute atomic E-state index is 9.69. The van der Waals surface area contributed by atoms with Gasteiger partial charge in [0.15, 0.2) is 5.57 Å². The lowest BCUT2D eigenvalue weighted by Gasteiger charge is -2.18. The normalized spacial score (nSPS) is 21.2. The molecule has 0 aromatic heterocycles. The molecule has 0 saturated carbocycles. The van der Waals surface area contributed by atoms with Crippen LogP contribution in [0.1, 0.15) is 11.6 Å². The standard InChI is InChI=1S/C20H17N3O2/c21-13-17(19-22-18(14-25-19)15-7-3-1-4-8-15)20-23(11-12-24-20)16-9-5-2-6-10-16/h1-10,18H,11-12,14H2/b20-17-/t18-/m1/s1. The Labute approximate surface area is 146 Å². The number of nitrogens with zero attached hydrogens (tertiary/aromatic N) is 3. The zero-order valence-electron chi connectivity index (χ0n) is 13.6. The van der Waals surface area contributed by atoms with Crippen molar-refractivity contribution in [3.05, 3.63) is 77.7 Å². The molecule has 1 fully saturated rings. The third kappa shape index (κ3) is 2.94. The van der Waals surface area contributed by atoms with E-state index in [2.05, 4.69) is 11.1 Å². The van der Waals surface area contributed by atoms with E-state index in [1.54, 1.807) is 0 Å². The summed E-state index contributed by atoms with van der Waals surface area (Å²) in [6, 6.07) is 22.0. The lowest BCUT2D eigenvalue weighted by molar-refractivity contribution is 0.264. The molecule has 2 aliphatic rings. The smallest absolute Gasteiger partial charge is 0.233 e. The van der Waals surface area contributed by atoms with Gasteiger partial charge in [-0.3, -0.25) is 0 Å². The summed E-state index contributed by atoms with van der Waals surface area (Å²) in [6.07, 6.45) is 0. The average Bonchev–Trinajstić information content (AvgIpc) is 3.34. The minimum atomic E-state index is -0.0910. The predicted octanol–water partition coefficient (Wildman–Crippen LogP) is 3.43. The fraction of sp³-hybridized carbons (Fsp3) is 0.200.